The van der Waals surface area contributed by atoms with Crippen molar-refractivity contribution in [3.8, 4) is 5.75 Å². The second kappa shape index (κ2) is 9.61. The number of aliphatic hydroxyl groups is 1. The topological polar surface area (TPSA) is 86.3 Å². The van der Waals surface area contributed by atoms with Crippen molar-refractivity contribution in [2.75, 3.05) is 26.7 Å². The normalized spacial score (nSPS) is 16.4. The summed E-state index contributed by atoms with van der Waals surface area (Å²) in [5, 5.41) is 15.0. The first-order valence-corrected chi connectivity index (χ1v) is 11.4. The molecule has 2 aromatic heterocycles. The average Bonchev–Trinajstić information content (AvgIpc) is 3.28. The second-order valence-corrected chi connectivity index (χ2v) is 8.70. The van der Waals surface area contributed by atoms with Gasteiger partial charge in [0.1, 0.15) is 22.6 Å². The van der Waals surface area contributed by atoms with E-state index in [9.17, 15) is 13.9 Å². The maximum Gasteiger partial charge on any atom is 0.153 e. The number of aromatic amines is 1. The molecule has 2 aromatic carbocycles. The fourth-order valence-electron chi connectivity index (χ4n) is 4.65. The Morgan fingerprint density at radius 2 is 2.00 bits per heavy atom. The van der Waals surface area contributed by atoms with Crippen molar-refractivity contribution in [2.24, 2.45) is 0 Å². The third-order valence-electron chi connectivity index (χ3n) is 6.49. The number of methoxy groups -OCH3 is 1. The molecule has 9 heteroatoms. The molecule has 0 saturated carbocycles. The Morgan fingerprint density at radius 1 is 1.18 bits per heavy atom. The number of piperidine rings is 1. The average molecular weight is 468 g/mol. The van der Waals surface area contributed by atoms with Crippen LogP contribution in [0.15, 0.2) is 42.6 Å². The number of H-pyrrole nitrogens is 1. The molecule has 3 heterocycles. The van der Waals surface area contributed by atoms with E-state index in [-0.39, 0.29) is 11.3 Å². The highest BCUT2D eigenvalue weighted by atomic mass is 19.1. The Hall–Kier alpha value is -3.14. The van der Waals surface area contributed by atoms with Crippen LogP contribution in [0.1, 0.15) is 30.3 Å². The predicted molar refractivity (Wildman–Crippen MR) is 126 cm³/mol. The van der Waals surface area contributed by atoms with Crippen LogP contribution < -0.4 is 10.1 Å². The van der Waals surface area contributed by atoms with Gasteiger partial charge in [-0.15, -0.1) is 0 Å². The van der Waals surface area contributed by atoms with Crippen molar-refractivity contribution in [2.45, 2.75) is 31.5 Å². The minimum Gasteiger partial charge on any atom is -0.497 e. The number of fused-ring (bicyclic) bond motifs is 2. The number of likely N-dealkylation sites (tertiary alicyclic amines) is 1. The van der Waals surface area contributed by atoms with E-state index >= 15 is 0 Å². The van der Waals surface area contributed by atoms with Crippen LogP contribution in [0, 0.1) is 11.6 Å². The Morgan fingerprint density at radius 3 is 2.76 bits per heavy atom. The van der Waals surface area contributed by atoms with Crippen LogP contribution in [-0.4, -0.2) is 57.7 Å². The lowest BCUT2D eigenvalue weighted by Gasteiger charge is -2.33. The first kappa shape index (κ1) is 22.6. The first-order valence-electron chi connectivity index (χ1n) is 11.4. The van der Waals surface area contributed by atoms with Crippen LogP contribution in [0.2, 0.25) is 0 Å². The van der Waals surface area contributed by atoms with Gasteiger partial charge in [-0.05, 0) is 55.8 Å². The first-order chi connectivity index (χ1) is 16.5. The van der Waals surface area contributed by atoms with E-state index in [2.05, 4.69) is 25.2 Å². The van der Waals surface area contributed by atoms with Gasteiger partial charge < -0.3 is 25.0 Å². The van der Waals surface area contributed by atoms with Gasteiger partial charge in [-0.1, -0.05) is 6.07 Å². The summed E-state index contributed by atoms with van der Waals surface area (Å²) >= 11 is 0. The number of hydrogen-bond donors (Lipinski definition) is 3. The van der Waals surface area contributed by atoms with E-state index in [1.807, 2.05) is 6.07 Å². The van der Waals surface area contributed by atoms with Crippen molar-refractivity contribution < 1.29 is 18.6 Å². The summed E-state index contributed by atoms with van der Waals surface area (Å²) < 4.78 is 33.4. The molecular formula is C25H27F2N5O2. The number of rotatable bonds is 7. The molecule has 3 N–H and O–H groups in total. The lowest BCUT2D eigenvalue weighted by Crippen LogP contribution is -2.43. The molecule has 1 aliphatic rings. The molecule has 4 aromatic rings. The van der Waals surface area contributed by atoms with Crippen LogP contribution in [0.4, 0.5) is 8.78 Å². The third-order valence-corrected chi connectivity index (χ3v) is 6.49. The molecule has 7 nitrogen and oxygen atoms in total. The fraction of sp³-hybridized carbons (Fsp3) is 0.360. The standard InChI is InChI=1S/C25H27F2N5O2/c1-34-16-11-18-17(5-8-28-24(18)20(27)12-16)22(33)14-32-9-6-15(7-10-32)29-13-23-30-21-4-2-3-19(26)25(21)31-23/h2-5,8,11-12,15,22,29,33H,6-7,9-10,13-14H2,1H3,(H,30,31)/t22-/m0/s1. The lowest BCUT2D eigenvalue weighted by atomic mass is 10.0. The summed E-state index contributed by atoms with van der Waals surface area (Å²) in [6, 6.07) is 9.94. The number of halogens is 2. The highest BCUT2D eigenvalue weighted by Gasteiger charge is 2.23. The van der Waals surface area contributed by atoms with Crippen molar-refractivity contribution in [1.82, 2.24) is 25.2 Å². The molecule has 1 saturated heterocycles. The number of benzene rings is 2. The highest BCUT2D eigenvalue weighted by molar-refractivity contribution is 5.84. The fourth-order valence-corrected chi connectivity index (χ4v) is 4.65. The van der Waals surface area contributed by atoms with E-state index in [1.54, 1.807) is 18.2 Å². The van der Waals surface area contributed by atoms with Crippen molar-refractivity contribution in [1.29, 1.82) is 0 Å². The summed E-state index contributed by atoms with van der Waals surface area (Å²) in [7, 11) is 1.48. The van der Waals surface area contributed by atoms with Crippen molar-refractivity contribution >= 4 is 21.9 Å². The Kier molecular flexibility index (Phi) is 6.40. The second-order valence-electron chi connectivity index (χ2n) is 8.70. The van der Waals surface area contributed by atoms with Gasteiger partial charge >= 0.3 is 0 Å². The number of β-amino-alcohol motifs (C(OH)–C–C–N with tert-alkyl or cyclic N) is 1. The summed E-state index contributed by atoms with van der Waals surface area (Å²) in [5.74, 6) is 0.313. The number of aromatic nitrogens is 3. The number of hydrogen-bond acceptors (Lipinski definition) is 6. The Balaban J connectivity index is 1.18. The van der Waals surface area contributed by atoms with Gasteiger partial charge in [-0.25, -0.2) is 13.8 Å². The number of aliphatic hydroxyl groups excluding tert-OH is 1. The summed E-state index contributed by atoms with van der Waals surface area (Å²) in [5.41, 5.74) is 1.93. The smallest absolute Gasteiger partial charge is 0.153 e. The minimum absolute atomic E-state index is 0.228. The lowest BCUT2D eigenvalue weighted by molar-refractivity contribution is 0.0948. The molecule has 5 rings (SSSR count). The molecule has 0 bridgehead atoms. The molecule has 0 aliphatic carbocycles. The van der Waals surface area contributed by atoms with E-state index in [0.29, 0.717) is 52.7 Å². The highest BCUT2D eigenvalue weighted by Crippen LogP contribution is 2.29. The maximum absolute atomic E-state index is 14.4. The number of nitrogens with zero attached hydrogens (tertiary/aromatic N) is 3. The Bertz CT molecular complexity index is 1300. The van der Waals surface area contributed by atoms with Crippen molar-refractivity contribution in [3.63, 3.8) is 0 Å². The quantitative estimate of drug-likeness (QED) is 0.384. The van der Waals surface area contributed by atoms with E-state index in [0.717, 1.165) is 25.9 Å². The molecule has 1 atom stereocenters. The molecule has 1 aliphatic heterocycles. The minimum atomic E-state index is -0.771. The van der Waals surface area contributed by atoms with Gasteiger partial charge in [0.2, 0.25) is 0 Å². The zero-order valence-electron chi connectivity index (χ0n) is 18.9. The zero-order chi connectivity index (χ0) is 23.7. The molecule has 178 valence electrons. The molecule has 0 spiro atoms. The van der Waals surface area contributed by atoms with Gasteiger partial charge in [0.05, 0.1) is 25.3 Å². The number of ether oxygens (including phenoxy) is 1. The van der Waals surface area contributed by atoms with Crippen LogP contribution >= 0.6 is 0 Å². The molecule has 0 unspecified atom stereocenters. The van der Waals surface area contributed by atoms with Gasteiger partial charge in [-0.3, -0.25) is 4.98 Å². The van der Waals surface area contributed by atoms with E-state index in [4.69, 9.17) is 4.74 Å². The summed E-state index contributed by atoms with van der Waals surface area (Å²) in [6.07, 6.45) is 2.59. The van der Waals surface area contributed by atoms with Gasteiger partial charge in [0.15, 0.2) is 11.6 Å². The van der Waals surface area contributed by atoms with Crippen LogP contribution in [0.5, 0.6) is 5.75 Å². The van der Waals surface area contributed by atoms with Crippen LogP contribution in [-0.2, 0) is 6.54 Å². The summed E-state index contributed by atoms with van der Waals surface area (Å²) in [4.78, 5) is 13.8. The van der Waals surface area contributed by atoms with Crippen LogP contribution in [0.3, 0.4) is 0 Å². The van der Waals surface area contributed by atoms with Crippen molar-refractivity contribution in [3.05, 3.63) is 65.6 Å². The monoisotopic (exact) mass is 467 g/mol. The summed E-state index contributed by atoms with van der Waals surface area (Å²) in [6.45, 7) is 2.64. The predicted octanol–water partition coefficient (Wildman–Crippen LogP) is 3.69. The number of pyridine rings is 1. The largest absolute Gasteiger partial charge is 0.497 e. The molecular weight excluding hydrogens is 440 g/mol. The maximum atomic E-state index is 14.4. The third kappa shape index (κ3) is 4.59. The number of nitrogens with one attached hydrogen (secondary N) is 2. The van der Waals surface area contributed by atoms with Gasteiger partial charge in [-0.2, -0.15) is 0 Å². The van der Waals surface area contributed by atoms with Gasteiger partial charge in [0.25, 0.3) is 0 Å². The number of para-hydroxylation sites is 1. The van der Waals surface area contributed by atoms with Crippen LogP contribution in [0.25, 0.3) is 21.9 Å². The molecule has 1 fully saturated rings. The SMILES string of the molecule is COc1cc(F)c2nccc([C@@H](O)CN3CCC(NCc4nc5c(F)cccc5[nH]4)CC3)c2c1. The number of imidazole rings is 1. The molecule has 34 heavy (non-hydrogen) atoms. The van der Waals surface area contributed by atoms with E-state index in [1.165, 1.54) is 25.4 Å². The van der Waals surface area contributed by atoms with E-state index < -0.39 is 11.9 Å². The molecule has 0 radical (unpaired) electrons. The van der Waals surface area contributed by atoms with Gasteiger partial charge in [0, 0.05) is 30.2 Å². The molecule has 0 amide bonds. The Labute approximate surface area is 195 Å². The zero-order valence-corrected chi connectivity index (χ0v) is 18.9.